The summed E-state index contributed by atoms with van der Waals surface area (Å²) >= 11 is 0. The molecule has 0 fully saturated rings. The largest absolute Gasteiger partial charge is 0.494 e. The molecule has 0 heterocycles. The van der Waals surface area contributed by atoms with Crippen LogP contribution in [0.1, 0.15) is 50.5 Å². The highest BCUT2D eigenvalue weighted by molar-refractivity contribution is 5.97. The topological polar surface area (TPSA) is 85.9 Å². The van der Waals surface area contributed by atoms with E-state index in [1.807, 2.05) is 52.8 Å². The monoisotopic (exact) mass is 456 g/mol. The molecule has 0 aliphatic rings. The molecule has 2 N–H and O–H groups in total. The standard InChI is InChI=1S/C26H36N2O5/c1-6-31-21-12-10-20(11-13-21)25(29)28-24(18(4)5)26(30)27-16-15-19-9-14-22(32-7-2)23(17-19)33-8-3/h9-14,17-18,24H,6-8,15-16H2,1-5H3,(H,27,30)(H,28,29). The van der Waals surface area contributed by atoms with Gasteiger partial charge < -0.3 is 24.8 Å². The van der Waals surface area contributed by atoms with Crippen LogP contribution in [0.4, 0.5) is 0 Å². The molecular formula is C26H36N2O5. The molecule has 0 aromatic heterocycles. The van der Waals surface area contributed by atoms with Crippen LogP contribution in [0, 0.1) is 5.92 Å². The van der Waals surface area contributed by atoms with Crippen LogP contribution in [0.5, 0.6) is 17.2 Å². The Labute approximate surface area is 196 Å². The minimum Gasteiger partial charge on any atom is -0.494 e. The maximum absolute atomic E-state index is 12.8. The quantitative estimate of drug-likeness (QED) is 0.476. The van der Waals surface area contributed by atoms with E-state index in [-0.39, 0.29) is 17.7 Å². The van der Waals surface area contributed by atoms with Crippen LogP contribution in [0.15, 0.2) is 42.5 Å². The molecule has 2 rings (SSSR count). The van der Waals surface area contributed by atoms with Crippen molar-refractivity contribution in [1.82, 2.24) is 10.6 Å². The molecule has 0 spiro atoms. The van der Waals surface area contributed by atoms with E-state index >= 15 is 0 Å². The number of carbonyl (C=O) groups is 2. The second-order valence-corrected chi connectivity index (χ2v) is 7.84. The summed E-state index contributed by atoms with van der Waals surface area (Å²) in [5, 5.41) is 5.79. The first-order valence-corrected chi connectivity index (χ1v) is 11.6. The highest BCUT2D eigenvalue weighted by Crippen LogP contribution is 2.28. The third-order valence-corrected chi connectivity index (χ3v) is 4.98. The Morgan fingerprint density at radius 1 is 0.848 bits per heavy atom. The molecule has 7 nitrogen and oxygen atoms in total. The molecule has 7 heteroatoms. The van der Waals surface area contributed by atoms with Crippen LogP contribution in [0.25, 0.3) is 0 Å². The van der Waals surface area contributed by atoms with Gasteiger partial charge in [-0.15, -0.1) is 0 Å². The van der Waals surface area contributed by atoms with Gasteiger partial charge in [0.2, 0.25) is 5.91 Å². The molecule has 0 radical (unpaired) electrons. The maximum Gasteiger partial charge on any atom is 0.251 e. The Balaban J connectivity index is 1.94. The van der Waals surface area contributed by atoms with E-state index in [0.29, 0.717) is 55.6 Å². The van der Waals surface area contributed by atoms with Crippen molar-refractivity contribution in [3.05, 3.63) is 53.6 Å². The van der Waals surface area contributed by atoms with Crippen molar-refractivity contribution in [1.29, 1.82) is 0 Å². The third kappa shape index (κ3) is 8.00. The van der Waals surface area contributed by atoms with Gasteiger partial charge in [-0.3, -0.25) is 9.59 Å². The number of carbonyl (C=O) groups excluding carboxylic acids is 2. The normalized spacial score (nSPS) is 11.6. The summed E-state index contributed by atoms with van der Waals surface area (Å²) in [6, 6.07) is 12.0. The Kier molecular flexibility index (Phi) is 10.5. The molecule has 2 aromatic rings. The summed E-state index contributed by atoms with van der Waals surface area (Å²) < 4.78 is 16.7. The van der Waals surface area contributed by atoms with Crippen molar-refractivity contribution in [3.8, 4) is 17.2 Å². The minimum atomic E-state index is -0.636. The van der Waals surface area contributed by atoms with Gasteiger partial charge >= 0.3 is 0 Å². The average molecular weight is 457 g/mol. The Bertz CT molecular complexity index is 896. The molecule has 1 atom stereocenters. The van der Waals surface area contributed by atoms with E-state index < -0.39 is 6.04 Å². The zero-order valence-electron chi connectivity index (χ0n) is 20.3. The molecule has 180 valence electrons. The van der Waals surface area contributed by atoms with E-state index in [0.717, 1.165) is 5.56 Å². The summed E-state index contributed by atoms with van der Waals surface area (Å²) in [6.07, 6.45) is 0.635. The molecule has 0 aliphatic carbocycles. The van der Waals surface area contributed by atoms with Crippen LogP contribution in [-0.4, -0.2) is 44.2 Å². The number of hydrogen-bond donors (Lipinski definition) is 2. The van der Waals surface area contributed by atoms with Crippen molar-refractivity contribution in [2.24, 2.45) is 5.92 Å². The lowest BCUT2D eigenvalue weighted by atomic mass is 10.0. The number of nitrogens with one attached hydrogen (secondary N) is 2. The first-order valence-electron chi connectivity index (χ1n) is 11.6. The average Bonchev–Trinajstić information content (AvgIpc) is 2.79. The molecule has 2 aromatic carbocycles. The van der Waals surface area contributed by atoms with Gasteiger partial charge in [-0.1, -0.05) is 19.9 Å². The van der Waals surface area contributed by atoms with E-state index in [9.17, 15) is 9.59 Å². The number of hydrogen-bond acceptors (Lipinski definition) is 5. The molecule has 0 aliphatic heterocycles. The molecule has 0 saturated carbocycles. The smallest absolute Gasteiger partial charge is 0.251 e. The Morgan fingerprint density at radius 3 is 2.09 bits per heavy atom. The summed E-state index contributed by atoms with van der Waals surface area (Å²) in [5.41, 5.74) is 1.51. The van der Waals surface area contributed by atoms with Gasteiger partial charge in [-0.2, -0.15) is 0 Å². The van der Waals surface area contributed by atoms with Crippen LogP contribution < -0.4 is 24.8 Å². The third-order valence-electron chi connectivity index (χ3n) is 4.98. The predicted octanol–water partition coefficient (Wildman–Crippen LogP) is 4.00. The van der Waals surface area contributed by atoms with Crippen LogP contribution in [0.2, 0.25) is 0 Å². The molecular weight excluding hydrogens is 420 g/mol. The fourth-order valence-electron chi connectivity index (χ4n) is 3.32. The lowest BCUT2D eigenvalue weighted by Crippen LogP contribution is -2.50. The lowest BCUT2D eigenvalue weighted by Gasteiger charge is -2.22. The van der Waals surface area contributed by atoms with E-state index in [1.54, 1.807) is 24.3 Å². The zero-order chi connectivity index (χ0) is 24.2. The van der Waals surface area contributed by atoms with Crippen LogP contribution >= 0.6 is 0 Å². The second kappa shape index (κ2) is 13.4. The van der Waals surface area contributed by atoms with Gasteiger partial charge in [0.05, 0.1) is 19.8 Å². The van der Waals surface area contributed by atoms with Crippen molar-refractivity contribution in [3.63, 3.8) is 0 Å². The van der Waals surface area contributed by atoms with E-state index in [1.165, 1.54) is 0 Å². The van der Waals surface area contributed by atoms with Gasteiger partial charge in [0.25, 0.3) is 5.91 Å². The lowest BCUT2D eigenvalue weighted by molar-refractivity contribution is -0.123. The van der Waals surface area contributed by atoms with Crippen molar-refractivity contribution in [2.75, 3.05) is 26.4 Å². The van der Waals surface area contributed by atoms with Crippen molar-refractivity contribution in [2.45, 2.75) is 47.1 Å². The second-order valence-electron chi connectivity index (χ2n) is 7.84. The predicted molar refractivity (Wildman–Crippen MR) is 129 cm³/mol. The summed E-state index contributed by atoms with van der Waals surface area (Å²) in [7, 11) is 0. The molecule has 33 heavy (non-hydrogen) atoms. The van der Waals surface area contributed by atoms with Crippen LogP contribution in [0.3, 0.4) is 0 Å². The van der Waals surface area contributed by atoms with Crippen molar-refractivity contribution >= 4 is 11.8 Å². The van der Waals surface area contributed by atoms with Gasteiger partial charge in [0, 0.05) is 12.1 Å². The SMILES string of the molecule is CCOc1ccc(C(=O)NC(C(=O)NCCc2ccc(OCC)c(OCC)c2)C(C)C)cc1. The first kappa shape index (κ1) is 26.0. The maximum atomic E-state index is 12.8. The van der Waals surface area contributed by atoms with E-state index in [4.69, 9.17) is 14.2 Å². The van der Waals surface area contributed by atoms with Crippen molar-refractivity contribution < 1.29 is 23.8 Å². The van der Waals surface area contributed by atoms with E-state index in [2.05, 4.69) is 10.6 Å². The fourth-order valence-corrected chi connectivity index (χ4v) is 3.32. The molecule has 1 unspecified atom stereocenters. The number of benzene rings is 2. The zero-order valence-corrected chi connectivity index (χ0v) is 20.3. The van der Waals surface area contributed by atoms with Gasteiger partial charge in [0.1, 0.15) is 11.8 Å². The minimum absolute atomic E-state index is 0.0633. The molecule has 0 saturated heterocycles. The van der Waals surface area contributed by atoms with Crippen LogP contribution in [-0.2, 0) is 11.2 Å². The summed E-state index contributed by atoms with van der Waals surface area (Å²) in [5.74, 6) is 1.55. The van der Waals surface area contributed by atoms with Gasteiger partial charge in [0.15, 0.2) is 11.5 Å². The van der Waals surface area contributed by atoms with Gasteiger partial charge in [-0.05, 0) is 75.1 Å². The summed E-state index contributed by atoms with van der Waals surface area (Å²) in [6.45, 7) is 11.7. The molecule has 2 amide bonds. The number of ether oxygens (including phenoxy) is 3. The number of rotatable bonds is 13. The highest BCUT2D eigenvalue weighted by atomic mass is 16.5. The fraction of sp³-hybridized carbons (Fsp3) is 0.462. The Morgan fingerprint density at radius 2 is 1.48 bits per heavy atom. The number of amides is 2. The summed E-state index contributed by atoms with van der Waals surface area (Å²) in [4.78, 5) is 25.5. The van der Waals surface area contributed by atoms with Gasteiger partial charge in [-0.25, -0.2) is 0 Å². The highest BCUT2D eigenvalue weighted by Gasteiger charge is 2.24. The first-order chi connectivity index (χ1) is 15.9. The Hall–Kier alpha value is -3.22. The molecule has 0 bridgehead atoms.